The van der Waals surface area contributed by atoms with Gasteiger partial charge in [0.2, 0.25) is 0 Å². The largest absolute Gasteiger partial charge is 0.312 e. The molecule has 2 heteroatoms. The van der Waals surface area contributed by atoms with Gasteiger partial charge in [0.15, 0.2) is 0 Å². The van der Waals surface area contributed by atoms with E-state index in [1.807, 2.05) is 12.1 Å². The molecule has 0 aliphatic heterocycles. The highest BCUT2D eigenvalue weighted by molar-refractivity contribution is 5.17. The van der Waals surface area contributed by atoms with E-state index in [-0.39, 0.29) is 5.82 Å². The Labute approximate surface area is 98.1 Å². The summed E-state index contributed by atoms with van der Waals surface area (Å²) >= 11 is 0. The number of hydrogen-bond acceptors (Lipinski definition) is 1. The molecule has 16 heavy (non-hydrogen) atoms. The van der Waals surface area contributed by atoms with Gasteiger partial charge in [0.1, 0.15) is 5.82 Å². The average molecular weight is 223 g/mol. The predicted molar refractivity (Wildman–Crippen MR) is 67.0 cm³/mol. The normalized spacial score (nSPS) is 15.1. The SMILES string of the molecule is CC(C)NC(C)C(C)Cc1ccccc1F. The summed E-state index contributed by atoms with van der Waals surface area (Å²) in [7, 11) is 0. The monoisotopic (exact) mass is 223 g/mol. The van der Waals surface area contributed by atoms with E-state index < -0.39 is 0 Å². The molecule has 1 aromatic rings. The van der Waals surface area contributed by atoms with Gasteiger partial charge in [-0.2, -0.15) is 0 Å². The molecule has 1 rings (SSSR count). The first kappa shape index (κ1) is 13.2. The molecule has 0 fully saturated rings. The minimum Gasteiger partial charge on any atom is -0.312 e. The van der Waals surface area contributed by atoms with E-state index >= 15 is 0 Å². The molecule has 1 N–H and O–H groups in total. The van der Waals surface area contributed by atoms with Crippen LogP contribution in [0.5, 0.6) is 0 Å². The highest BCUT2D eigenvalue weighted by Crippen LogP contribution is 2.15. The zero-order valence-electron chi connectivity index (χ0n) is 10.6. The third kappa shape index (κ3) is 3.93. The molecule has 2 atom stereocenters. The topological polar surface area (TPSA) is 12.0 Å². The lowest BCUT2D eigenvalue weighted by Gasteiger charge is -2.23. The summed E-state index contributed by atoms with van der Waals surface area (Å²) in [5.41, 5.74) is 0.812. The summed E-state index contributed by atoms with van der Waals surface area (Å²) in [6, 6.07) is 7.90. The van der Waals surface area contributed by atoms with Gasteiger partial charge in [0.25, 0.3) is 0 Å². The molecule has 1 aromatic carbocycles. The van der Waals surface area contributed by atoms with E-state index in [1.165, 1.54) is 6.07 Å². The van der Waals surface area contributed by atoms with Crippen molar-refractivity contribution in [3.05, 3.63) is 35.6 Å². The van der Waals surface area contributed by atoms with Crippen LogP contribution >= 0.6 is 0 Å². The zero-order valence-corrected chi connectivity index (χ0v) is 10.6. The quantitative estimate of drug-likeness (QED) is 0.806. The molecule has 2 unspecified atom stereocenters. The van der Waals surface area contributed by atoms with Crippen LogP contribution in [-0.4, -0.2) is 12.1 Å². The standard InChI is InChI=1S/C14H22FN/c1-10(2)16-12(4)11(3)9-13-7-5-6-8-14(13)15/h5-8,10-12,16H,9H2,1-4H3. The van der Waals surface area contributed by atoms with Crippen LogP contribution in [-0.2, 0) is 6.42 Å². The van der Waals surface area contributed by atoms with Gasteiger partial charge in [-0.3, -0.25) is 0 Å². The first-order chi connectivity index (χ1) is 7.50. The fourth-order valence-corrected chi connectivity index (χ4v) is 1.88. The fourth-order valence-electron chi connectivity index (χ4n) is 1.88. The van der Waals surface area contributed by atoms with Crippen molar-refractivity contribution in [3.8, 4) is 0 Å². The smallest absolute Gasteiger partial charge is 0.126 e. The maximum absolute atomic E-state index is 13.5. The van der Waals surface area contributed by atoms with Crippen molar-refractivity contribution >= 4 is 0 Å². The Morgan fingerprint density at radius 1 is 1.12 bits per heavy atom. The third-order valence-electron chi connectivity index (χ3n) is 2.95. The van der Waals surface area contributed by atoms with Crippen molar-refractivity contribution in [2.75, 3.05) is 0 Å². The van der Waals surface area contributed by atoms with E-state index in [0.29, 0.717) is 18.0 Å². The molecule has 0 bridgehead atoms. The minimum absolute atomic E-state index is 0.0916. The predicted octanol–water partition coefficient (Wildman–Crippen LogP) is 3.39. The van der Waals surface area contributed by atoms with Crippen LogP contribution in [0.25, 0.3) is 0 Å². The maximum atomic E-state index is 13.5. The summed E-state index contributed by atoms with van der Waals surface area (Å²) in [5, 5.41) is 3.46. The molecular formula is C14H22FN. The van der Waals surface area contributed by atoms with Gasteiger partial charge in [-0.15, -0.1) is 0 Å². The first-order valence-electron chi connectivity index (χ1n) is 6.00. The summed E-state index contributed by atoms with van der Waals surface area (Å²) < 4.78 is 13.5. The summed E-state index contributed by atoms with van der Waals surface area (Å²) in [6.07, 6.45) is 0.785. The van der Waals surface area contributed by atoms with Crippen LogP contribution < -0.4 is 5.32 Å². The molecule has 0 aliphatic rings. The lowest BCUT2D eigenvalue weighted by Crippen LogP contribution is -2.37. The molecular weight excluding hydrogens is 201 g/mol. The average Bonchev–Trinajstić information content (AvgIpc) is 2.20. The van der Waals surface area contributed by atoms with E-state index in [0.717, 1.165) is 12.0 Å². The van der Waals surface area contributed by atoms with Gasteiger partial charge >= 0.3 is 0 Å². The second-order valence-electron chi connectivity index (χ2n) is 4.88. The highest BCUT2D eigenvalue weighted by atomic mass is 19.1. The zero-order chi connectivity index (χ0) is 12.1. The van der Waals surface area contributed by atoms with Crippen molar-refractivity contribution in [2.45, 2.75) is 46.2 Å². The lowest BCUT2D eigenvalue weighted by molar-refractivity contribution is 0.368. The Balaban J connectivity index is 2.57. The lowest BCUT2D eigenvalue weighted by atomic mass is 9.94. The first-order valence-corrected chi connectivity index (χ1v) is 6.00. The van der Waals surface area contributed by atoms with Crippen molar-refractivity contribution < 1.29 is 4.39 Å². The van der Waals surface area contributed by atoms with Crippen molar-refractivity contribution in [1.29, 1.82) is 0 Å². The maximum Gasteiger partial charge on any atom is 0.126 e. The molecule has 0 aliphatic carbocycles. The van der Waals surface area contributed by atoms with Gasteiger partial charge in [0.05, 0.1) is 0 Å². The molecule has 0 spiro atoms. The van der Waals surface area contributed by atoms with Crippen LogP contribution in [0.4, 0.5) is 4.39 Å². The summed E-state index contributed by atoms with van der Waals surface area (Å²) in [5.74, 6) is 0.338. The summed E-state index contributed by atoms with van der Waals surface area (Å²) in [6.45, 7) is 8.58. The van der Waals surface area contributed by atoms with Crippen LogP contribution in [0.15, 0.2) is 24.3 Å². The molecule has 0 amide bonds. The molecule has 0 radical (unpaired) electrons. The van der Waals surface area contributed by atoms with Crippen LogP contribution in [0, 0.1) is 11.7 Å². The molecule has 90 valence electrons. The Hall–Kier alpha value is -0.890. The Bertz CT molecular complexity index is 322. The molecule has 0 aromatic heterocycles. The van der Waals surface area contributed by atoms with Gasteiger partial charge in [-0.05, 0) is 30.9 Å². The second kappa shape index (κ2) is 6.00. The highest BCUT2D eigenvalue weighted by Gasteiger charge is 2.14. The molecule has 0 saturated carbocycles. The van der Waals surface area contributed by atoms with E-state index in [4.69, 9.17) is 0 Å². The Kier molecular flexibility index (Phi) is 4.94. The number of nitrogens with one attached hydrogen (secondary N) is 1. The molecule has 1 nitrogen and oxygen atoms in total. The van der Waals surface area contributed by atoms with Gasteiger partial charge < -0.3 is 5.32 Å². The van der Waals surface area contributed by atoms with Gasteiger partial charge in [0, 0.05) is 12.1 Å². The Morgan fingerprint density at radius 2 is 1.75 bits per heavy atom. The number of hydrogen-bond donors (Lipinski definition) is 1. The van der Waals surface area contributed by atoms with Crippen LogP contribution in [0.2, 0.25) is 0 Å². The van der Waals surface area contributed by atoms with Crippen molar-refractivity contribution in [3.63, 3.8) is 0 Å². The van der Waals surface area contributed by atoms with Gasteiger partial charge in [-0.25, -0.2) is 4.39 Å². The fraction of sp³-hybridized carbons (Fsp3) is 0.571. The number of benzene rings is 1. The number of rotatable bonds is 5. The van der Waals surface area contributed by atoms with E-state index in [2.05, 4.69) is 33.0 Å². The summed E-state index contributed by atoms with van der Waals surface area (Å²) in [4.78, 5) is 0. The second-order valence-corrected chi connectivity index (χ2v) is 4.88. The van der Waals surface area contributed by atoms with Crippen LogP contribution in [0.3, 0.4) is 0 Å². The van der Waals surface area contributed by atoms with E-state index in [1.54, 1.807) is 6.07 Å². The van der Waals surface area contributed by atoms with Crippen molar-refractivity contribution in [2.24, 2.45) is 5.92 Å². The van der Waals surface area contributed by atoms with Crippen molar-refractivity contribution in [1.82, 2.24) is 5.32 Å². The number of halogens is 1. The van der Waals surface area contributed by atoms with E-state index in [9.17, 15) is 4.39 Å². The Morgan fingerprint density at radius 3 is 2.31 bits per heavy atom. The van der Waals surface area contributed by atoms with Crippen LogP contribution in [0.1, 0.15) is 33.3 Å². The third-order valence-corrected chi connectivity index (χ3v) is 2.95. The molecule has 0 heterocycles. The minimum atomic E-state index is -0.0916. The molecule has 0 saturated heterocycles. The van der Waals surface area contributed by atoms with Gasteiger partial charge in [-0.1, -0.05) is 39.0 Å².